The zero-order chi connectivity index (χ0) is 14.1. The van der Waals surface area contributed by atoms with Gasteiger partial charge < -0.3 is 10.4 Å². The van der Waals surface area contributed by atoms with Crippen LogP contribution in [0.5, 0.6) is 0 Å². The van der Waals surface area contributed by atoms with Crippen molar-refractivity contribution in [2.75, 3.05) is 12.3 Å². The summed E-state index contributed by atoms with van der Waals surface area (Å²) >= 11 is 1.06. The molecule has 1 aromatic carbocycles. The van der Waals surface area contributed by atoms with E-state index in [0.717, 1.165) is 17.3 Å². The van der Waals surface area contributed by atoms with E-state index < -0.39 is 11.2 Å². The number of carbonyl (C=O) groups excluding carboxylic acids is 1. The number of hydrogen-bond donors (Lipinski definition) is 2. The first-order chi connectivity index (χ1) is 9.13. The van der Waals surface area contributed by atoms with Crippen LogP contribution in [0.2, 0.25) is 0 Å². The van der Waals surface area contributed by atoms with Crippen LogP contribution in [-0.2, 0) is 16.0 Å². The van der Waals surface area contributed by atoms with Crippen molar-refractivity contribution in [3.63, 3.8) is 0 Å². The summed E-state index contributed by atoms with van der Waals surface area (Å²) in [6.45, 7) is -0.0597. The third kappa shape index (κ3) is 5.93. The number of hydrogen-bond acceptors (Lipinski definition) is 4. The van der Waals surface area contributed by atoms with Crippen LogP contribution in [0, 0.1) is 11.3 Å². The van der Waals surface area contributed by atoms with Crippen molar-refractivity contribution in [3.8, 4) is 6.07 Å². The fourth-order valence-corrected chi connectivity index (χ4v) is 2.32. The third-order valence-electron chi connectivity index (χ3n) is 2.32. The second-order valence-corrected chi connectivity index (χ2v) is 4.95. The summed E-state index contributed by atoms with van der Waals surface area (Å²) in [4.78, 5) is 22.4. The summed E-state index contributed by atoms with van der Waals surface area (Å²) in [6, 6.07) is 11.1. The number of carboxylic acids is 1. The average Bonchev–Trinajstić information content (AvgIpc) is 2.41. The molecule has 6 heteroatoms. The quantitative estimate of drug-likeness (QED) is 0.728. The number of aliphatic carboxylic acids is 1. The number of nitrogens with one attached hydrogen (secondary N) is 1. The number of carboxylic acid groups (broad SMARTS) is 1. The topological polar surface area (TPSA) is 90.2 Å². The van der Waals surface area contributed by atoms with Crippen molar-refractivity contribution >= 4 is 23.6 Å². The van der Waals surface area contributed by atoms with Crippen LogP contribution in [0.15, 0.2) is 30.3 Å². The number of rotatable bonds is 7. The molecular formula is C13H14N2O3S. The first kappa shape index (κ1) is 15.1. The van der Waals surface area contributed by atoms with Crippen LogP contribution in [0.1, 0.15) is 5.56 Å². The van der Waals surface area contributed by atoms with Gasteiger partial charge in [0.2, 0.25) is 5.91 Å². The standard InChI is InChI=1S/C13H14N2O3S/c14-6-7-15-12(16)9-19-11(13(17)18)8-10-4-2-1-3-5-10/h1-5,11H,7-9H2,(H,15,16)(H,17,18). The highest BCUT2D eigenvalue weighted by Crippen LogP contribution is 2.16. The Bertz CT molecular complexity index is 471. The zero-order valence-corrected chi connectivity index (χ0v) is 11.0. The van der Waals surface area contributed by atoms with Gasteiger partial charge in [0.05, 0.1) is 11.8 Å². The first-order valence-corrected chi connectivity index (χ1v) is 6.70. The molecule has 0 saturated carbocycles. The minimum atomic E-state index is -0.943. The molecule has 19 heavy (non-hydrogen) atoms. The number of benzene rings is 1. The molecule has 0 saturated heterocycles. The lowest BCUT2D eigenvalue weighted by atomic mass is 10.1. The Morgan fingerprint density at radius 1 is 1.37 bits per heavy atom. The summed E-state index contributed by atoms with van der Waals surface area (Å²) in [5, 5.41) is 19.1. The maximum atomic E-state index is 11.3. The maximum absolute atomic E-state index is 11.3. The van der Waals surface area contributed by atoms with Crippen molar-refractivity contribution in [1.82, 2.24) is 5.32 Å². The summed E-state index contributed by atoms with van der Waals surface area (Å²) in [5.74, 6) is -1.24. The largest absolute Gasteiger partial charge is 0.480 e. The monoisotopic (exact) mass is 278 g/mol. The van der Waals surface area contributed by atoms with Gasteiger partial charge in [-0.1, -0.05) is 30.3 Å². The lowest BCUT2D eigenvalue weighted by Gasteiger charge is -2.11. The maximum Gasteiger partial charge on any atom is 0.316 e. The summed E-state index contributed by atoms with van der Waals surface area (Å²) in [6.07, 6.45) is 0.367. The van der Waals surface area contributed by atoms with Crippen LogP contribution < -0.4 is 5.32 Å². The van der Waals surface area contributed by atoms with Gasteiger partial charge in [0.15, 0.2) is 0 Å². The van der Waals surface area contributed by atoms with Crippen LogP contribution in [0.4, 0.5) is 0 Å². The minimum Gasteiger partial charge on any atom is -0.480 e. The second-order valence-electron chi connectivity index (χ2n) is 3.76. The van der Waals surface area contributed by atoms with Gasteiger partial charge in [0, 0.05) is 0 Å². The van der Waals surface area contributed by atoms with Crippen LogP contribution in [0.3, 0.4) is 0 Å². The van der Waals surface area contributed by atoms with Crippen molar-refractivity contribution in [1.29, 1.82) is 5.26 Å². The molecule has 1 amide bonds. The number of amides is 1. The molecule has 1 rings (SSSR count). The lowest BCUT2D eigenvalue weighted by molar-refractivity contribution is -0.136. The molecule has 1 unspecified atom stereocenters. The van der Waals surface area contributed by atoms with E-state index in [1.807, 2.05) is 30.3 Å². The summed E-state index contributed by atoms with van der Waals surface area (Å²) in [7, 11) is 0. The highest BCUT2D eigenvalue weighted by atomic mass is 32.2. The molecule has 0 bridgehead atoms. The Hall–Kier alpha value is -2.00. The van der Waals surface area contributed by atoms with E-state index in [1.165, 1.54) is 0 Å². The van der Waals surface area contributed by atoms with Crippen molar-refractivity contribution in [2.24, 2.45) is 0 Å². The molecule has 100 valence electrons. The van der Waals surface area contributed by atoms with Gasteiger partial charge in [-0.25, -0.2) is 0 Å². The number of carbonyl (C=O) groups is 2. The predicted molar refractivity (Wildman–Crippen MR) is 72.7 cm³/mol. The SMILES string of the molecule is N#CCNC(=O)CSC(Cc1ccccc1)C(=O)O. The molecule has 0 spiro atoms. The number of thioether (sulfide) groups is 1. The molecule has 0 radical (unpaired) electrons. The molecule has 0 aromatic heterocycles. The molecule has 1 atom stereocenters. The van der Waals surface area contributed by atoms with E-state index in [9.17, 15) is 9.59 Å². The number of nitrogens with zero attached hydrogens (tertiary/aromatic N) is 1. The van der Waals surface area contributed by atoms with Gasteiger partial charge in [-0.3, -0.25) is 9.59 Å². The Labute approximate surface area is 115 Å². The van der Waals surface area contributed by atoms with Crippen LogP contribution in [-0.4, -0.2) is 34.5 Å². The van der Waals surface area contributed by atoms with Gasteiger partial charge in [0.25, 0.3) is 0 Å². The van der Waals surface area contributed by atoms with Crippen molar-refractivity contribution < 1.29 is 14.7 Å². The van der Waals surface area contributed by atoms with E-state index >= 15 is 0 Å². The minimum absolute atomic E-state index is 0.0332. The van der Waals surface area contributed by atoms with Gasteiger partial charge in [-0.05, 0) is 12.0 Å². The molecule has 0 heterocycles. The van der Waals surface area contributed by atoms with E-state index in [2.05, 4.69) is 5.32 Å². The number of nitriles is 1. The van der Waals surface area contributed by atoms with Gasteiger partial charge in [-0.15, -0.1) is 11.8 Å². The highest BCUT2D eigenvalue weighted by molar-refractivity contribution is 8.01. The Kier molecular flexibility index (Phi) is 6.47. The van der Waals surface area contributed by atoms with Crippen LogP contribution >= 0.6 is 11.8 Å². The summed E-state index contributed by atoms with van der Waals surface area (Å²) in [5.41, 5.74) is 0.917. The van der Waals surface area contributed by atoms with E-state index in [-0.39, 0.29) is 18.2 Å². The van der Waals surface area contributed by atoms with E-state index in [1.54, 1.807) is 6.07 Å². The molecule has 1 aromatic rings. The predicted octanol–water partition coefficient (Wildman–Crippen LogP) is 1.06. The molecular weight excluding hydrogens is 264 g/mol. The van der Waals surface area contributed by atoms with Crippen LogP contribution in [0.25, 0.3) is 0 Å². The van der Waals surface area contributed by atoms with Gasteiger partial charge in [0.1, 0.15) is 11.8 Å². The molecule has 2 N–H and O–H groups in total. The Balaban J connectivity index is 2.48. The smallest absolute Gasteiger partial charge is 0.316 e. The summed E-state index contributed by atoms with van der Waals surface area (Å²) < 4.78 is 0. The lowest BCUT2D eigenvalue weighted by Crippen LogP contribution is -2.28. The molecule has 0 aliphatic rings. The van der Waals surface area contributed by atoms with Gasteiger partial charge in [-0.2, -0.15) is 5.26 Å². The third-order valence-corrected chi connectivity index (χ3v) is 3.52. The molecule has 0 aliphatic heterocycles. The van der Waals surface area contributed by atoms with Crippen molar-refractivity contribution in [2.45, 2.75) is 11.7 Å². The van der Waals surface area contributed by atoms with E-state index in [4.69, 9.17) is 10.4 Å². The van der Waals surface area contributed by atoms with Gasteiger partial charge >= 0.3 is 5.97 Å². The first-order valence-electron chi connectivity index (χ1n) is 5.65. The highest BCUT2D eigenvalue weighted by Gasteiger charge is 2.19. The molecule has 5 nitrogen and oxygen atoms in total. The zero-order valence-electron chi connectivity index (χ0n) is 10.2. The van der Waals surface area contributed by atoms with Crippen molar-refractivity contribution in [3.05, 3.63) is 35.9 Å². The average molecular weight is 278 g/mol. The molecule has 0 fully saturated rings. The van der Waals surface area contributed by atoms with E-state index in [0.29, 0.717) is 6.42 Å². The molecule has 0 aliphatic carbocycles. The fourth-order valence-electron chi connectivity index (χ4n) is 1.41. The Morgan fingerprint density at radius 2 is 2.05 bits per heavy atom. The Morgan fingerprint density at radius 3 is 2.63 bits per heavy atom. The normalized spacial score (nSPS) is 11.3. The second kappa shape index (κ2) is 8.16. The fraction of sp³-hybridized carbons (Fsp3) is 0.308.